The Hall–Kier alpha value is -2.18. The molecule has 0 amide bonds. The third kappa shape index (κ3) is 3.43. The van der Waals surface area contributed by atoms with Crippen LogP contribution in [0.4, 0.5) is 5.69 Å². The van der Waals surface area contributed by atoms with Gasteiger partial charge >= 0.3 is 0 Å². The zero-order valence-electron chi connectivity index (χ0n) is 12.1. The van der Waals surface area contributed by atoms with E-state index in [1.807, 2.05) is 43.5 Å². The number of benzene rings is 1. The van der Waals surface area contributed by atoms with Gasteiger partial charge in [0.1, 0.15) is 11.9 Å². The Bertz CT molecular complexity index is 561. The SMILES string of the molecule is COc1ccc(N(C)C2=C/CC#CC(OC)/C=C\2)cc1. The quantitative estimate of drug-likeness (QED) is 0.784. The minimum absolute atomic E-state index is 0.136. The monoisotopic (exact) mass is 269 g/mol. The Morgan fingerprint density at radius 1 is 1.20 bits per heavy atom. The largest absolute Gasteiger partial charge is 0.497 e. The number of hydrogen-bond acceptors (Lipinski definition) is 3. The van der Waals surface area contributed by atoms with Crippen LogP contribution in [0.1, 0.15) is 6.42 Å². The maximum absolute atomic E-state index is 5.27. The van der Waals surface area contributed by atoms with Crippen LogP contribution in [0.5, 0.6) is 5.75 Å². The Labute approximate surface area is 120 Å². The lowest BCUT2D eigenvalue weighted by Crippen LogP contribution is -2.16. The molecular formula is C17H19NO2. The van der Waals surface area contributed by atoms with E-state index in [1.54, 1.807) is 14.2 Å². The van der Waals surface area contributed by atoms with Gasteiger partial charge in [-0.05, 0) is 42.5 Å². The van der Waals surface area contributed by atoms with Crippen molar-refractivity contribution in [2.45, 2.75) is 12.5 Å². The van der Waals surface area contributed by atoms with Gasteiger partial charge in [0.25, 0.3) is 0 Å². The molecule has 2 rings (SSSR count). The first kappa shape index (κ1) is 14.2. The van der Waals surface area contributed by atoms with Gasteiger partial charge in [-0.15, -0.1) is 0 Å². The highest BCUT2D eigenvalue weighted by atomic mass is 16.5. The van der Waals surface area contributed by atoms with Crippen molar-refractivity contribution in [1.82, 2.24) is 0 Å². The zero-order valence-corrected chi connectivity index (χ0v) is 12.1. The summed E-state index contributed by atoms with van der Waals surface area (Å²) in [6.07, 6.45) is 6.71. The molecule has 0 spiro atoms. The van der Waals surface area contributed by atoms with Crippen LogP contribution >= 0.6 is 0 Å². The first-order valence-electron chi connectivity index (χ1n) is 6.52. The molecule has 0 saturated carbocycles. The molecule has 1 aromatic rings. The summed E-state index contributed by atoms with van der Waals surface area (Å²) in [5.74, 6) is 7.00. The minimum atomic E-state index is -0.136. The van der Waals surface area contributed by atoms with Gasteiger partial charge in [-0.3, -0.25) is 0 Å². The van der Waals surface area contributed by atoms with E-state index in [2.05, 4.69) is 22.8 Å². The maximum atomic E-state index is 5.27. The standard InChI is InChI=1S/C17H19NO2/c1-18(15-9-12-17(20-3)13-10-15)14-6-4-5-7-16(19-2)11-8-14/h6,8-13,16H,4H2,1-3H3/b11-8-,14-6+. The third-order valence-electron chi connectivity index (χ3n) is 3.20. The molecule has 0 saturated heterocycles. The van der Waals surface area contributed by atoms with Gasteiger partial charge in [0.2, 0.25) is 0 Å². The first-order chi connectivity index (χ1) is 9.74. The molecule has 0 heterocycles. The van der Waals surface area contributed by atoms with Crippen LogP contribution in [0, 0.1) is 11.8 Å². The van der Waals surface area contributed by atoms with Gasteiger partial charge in [0.15, 0.2) is 0 Å². The fourth-order valence-corrected chi connectivity index (χ4v) is 1.96. The average Bonchev–Trinajstić information content (AvgIpc) is 2.47. The summed E-state index contributed by atoms with van der Waals surface area (Å²) in [7, 11) is 5.37. The van der Waals surface area contributed by atoms with Crippen LogP contribution in [0.3, 0.4) is 0 Å². The van der Waals surface area contributed by atoms with Crippen molar-refractivity contribution in [2.24, 2.45) is 0 Å². The normalized spacial score (nSPS) is 21.6. The summed E-state index contributed by atoms with van der Waals surface area (Å²) in [4.78, 5) is 2.12. The molecule has 0 aliphatic heterocycles. The smallest absolute Gasteiger partial charge is 0.136 e. The minimum Gasteiger partial charge on any atom is -0.497 e. The molecule has 3 heteroatoms. The lowest BCUT2D eigenvalue weighted by atomic mass is 10.2. The van der Waals surface area contributed by atoms with Gasteiger partial charge in [0.05, 0.1) is 7.11 Å². The number of nitrogens with zero attached hydrogens (tertiary/aromatic N) is 1. The molecular weight excluding hydrogens is 250 g/mol. The molecule has 20 heavy (non-hydrogen) atoms. The highest BCUT2D eigenvalue weighted by Crippen LogP contribution is 2.22. The van der Waals surface area contributed by atoms with Crippen molar-refractivity contribution in [3.05, 3.63) is 48.2 Å². The van der Waals surface area contributed by atoms with Gasteiger partial charge < -0.3 is 14.4 Å². The Morgan fingerprint density at radius 2 is 1.95 bits per heavy atom. The second-order valence-corrected chi connectivity index (χ2v) is 4.43. The van der Waals surface area contributed by atoms with Gasteiger partial charge in [0, 0.05) is 32.0 Å². The van der Waals surface area contributed by atoms with Crippen LogP contribution in [0.2, 0.25) is 0 Å². The fraction of sp³-hybridized carbons (Fsp3) is 0.294. The summed E-state index contributed by atoms with van der Waals surface area (Å²) < 4.78 is 10.4. The first-order valence-corrected chi connectivity index (χ1v) is 6.52. The van der Waals surface area contributed by atoms with Crippen LogP contribution in [0.15, 0.2) is 48.2 Å². The van der Waals surface area contributed by atoms with E-state index < -0.39 is 0 Å². The van der Waals surface area contributed by atoms with Crippen molar-refractivity contribution < 1.29 is 9.47 Å². The number of methoxy groups -OCH3 is 2. The van der Waals surface area contributed by atoms with Crippen molar-refractivity contribution in [2.75, 3.05) is 26.2 Å². The Morgan fingerprint density at radius 3 is 2.60 bits per heavy atom. The number of ether oxygens (including phenoxy) is 2. The molecule has 0 radical (unpaired) electrons. The van der Waals surface area contributed by atoms with E-state index in [-0.39, 0.29) is 6.10 Å². The summed E-state index contributed by atoms with van der Waals surface area (Å²) in [6, 6.07) is 7.98. The number of hydrogen-bond donors (Lipinski definition) is 0. The van der Waals surface area contributed by atoms with E-state index >= 15 is 0 Å². The summed E-state index contributed by atoms with van der Waals surface area (Å²) >= 11 is 0. The average molecular weight is 269 g/mol. The molecule has 1 aliphatic rings. The van der Waals surface area contributed by atoms with E-state index in [4.69, 9.17) is 9.47 Å². The predicted molar refractivity (Wildman–Crippen MR) is 81.8 cm³/mol. The lowest BCUT2D eigenvalue weighted by molar-refractivity contribution is 0.184. The molecule has 1 unspecified atom stereocenters. The highest BCUT2D eigenvalue weighted by Gasteiger charge is 2.07. The van der Waals surface area contributed by atoms with Crippen LogP contribution in [-0.4, -0.2) is 27.4 Å². The van der Waals surface area contributed by atoms with Crippen molar-refractivity contribution in [1.29, 1.82) is 0 Å². The molecule has 104 valence electrons. The second-order valence-electron chi connectivity index (χ2n) is 4.43. The molecule has 1 aromatic carbocycles. The highest BCUT2D eigenvalue weighted by molar-refractivity contribution is 5.55. The number of anilines is 1. The van der Waals surface area contributed by atoms with E-state index in [0.717, 1.165) is 23.6 Å². The summed E-state index contributed by atoms with van der Waals surface area (Å²) in [5, 5.41) is 0. The Balaban J connectivity index is 2.19. The van der Waals surface area contributed by atoms with Gasteiger partial charge in [-0.25, -0.2) is 0 Å². The van der Waals surface area contributed by atoms with Crippen LogP contribution in [0.25, 0.3) is 0 Å². The topological polar surface area (TPSA) is 21.7 Å². The molecule has 0 N–H and O–H groups in total. The molecule has 0 fully saturated rings. The van der Waals surface area contributed by atoms with Crippen molar-refractivity contribution in [3.63, 3.8) is 0 Å². The molecule has 3 nitrogen and oxygen atoms in total. The molecule has 1 atom stereocenters. The number of rotatable bonds is 4. The summed E-state index contributed by atoms with van der Waals surface area (Å²) in [5.41, 5.74) is 2.20. The predicted octanol–water partition coefficient (Wildman–Crippen LogP) is 2.99. The van der Waals surface area contributed by atoms with Crippen LogP contribution in [-0.2, 0) is 4.74 Å². The molecule has 0 aromatic heterocycles. The summed E-state index contributed by atoms with van der Waals surface area (Å²) in [6.45, 7) is 0. The fourth-order valence-electron chi connectivity index (χ4n) is 1.96. The lowest BCUT2D eigenvalue weighted by Gasteiger charge is -2.21. The van der Waals surface area contributed by atoms with Crippen LogP contribution < -0.4 is 9.64 Å². The Kier molecular flexibility index (Phi) is 4.86. The van der Waals surface area contributed by atoms with Gasteiger partial charge in [-0.1, -0.05) is 11.8 Å². The maximum Gasteiger partial charge on any atom is 0.136 e. The zero-order chi connectivity index (χ0) is 14.4. The van der Waals surface area contributed by atoms with E-state index in [1.165, 1.54) is 0 Å². The molecule has 1 aliphatic carbocycles. The number of allylic oxidation sites excluding steroid dienone is 2. The second kappa shape index (κ2) is 6.83. The van der Waals surface area contributed by atoms with Crippen molar-refractivity contribution in [3.8, 4) is 17.6 Å². The van der Waals surface area contributed by atoms with E-state index in [9.17, 15) is 0 Å². The third-order valence-corrected chi connectivity index (χ3v) is 3.20. The number of likely N-dealkylation sites (N-methyl/N-ethyl adjacent to an activating group) is 1. The van der Waals surface area contributed by atoms with E-state index in [0.29, 0.717) is 0 Å². The van der Waals surface area contributed by atoms with Crippen molar-refractivity contribution >= 4 is 5.69 Å². The van der Waals surface area contributed by atoms with Gasteiger partial charge in [-0.2, -0.15) is 0 Å². The molecule has 0 bridgehead atoms.